The van der Waals surface area contributed by atoms with Crippen molar-refractivity contribution in [3.05, 3.63) is 53.1 Å². The Hall–Kier alpha value is -3.07. The maximum absolute atomic E-state index is 12.6. The van der Waals surface area contributed by atoms with Gasteiger partial charge in [0.25, 0.3) is 0 Å². The maximum Gasteiger partial charge on any atom is 0.573 e. The minimum atomic E-state index is -4.72. The summed E-state index contributed by atoms with van der Waals surface area (Å²) in [4.78, 5) is 24.1. The third-order valence-electron chi connectivity index (χ3n) is 5.19. The summed E-state index contributed by atoms with van der Waals surface area (Å²) < 4.78 is 47.1. The van der Waals surface area contributed by atoms with Gasteiger partial charge in [-0.05, 0) is 56.1 Å². The summed E-state index contributed by atoms with van der Waals surface area (Å²) in [6.07, 6.45) is -1.84. The summed E-state index contributed by atoms with van der Waals surface area (Å²) in [5.41, 5.74) is 2.48. The molecule has 1 aliphatic heterocycles. The summed E-state index contributed by atoms with van der Waals surface area (Å²) >= 11 is 0. The summed E-state index contributed by atoms with van der Waals surface area (Å²) in [7, 11) is 0. The normalized spacial score (nSPS) is 12.7. The van der Waals surface area contributed by atoms with Gasteiger partial charge in [-0.1, -0.05) is 18.2 Å². The number of Topliss-reactive ketones (excluding diaryl/α,β-unsaturated/α-hetero) is 1. The predicted octanol–water partition coefficient (Wildman–Crippen LogP) is 4.66. The molecule has 1 heterocycles. The van der Waals surface area contributed by atoms with Gasteiger partial charge in [-0.25, -0.2) is 0 Å². The van der Waals surface area contributed by atoms with Crippen LogP contribution in [0.15, 0.2) is 36.4 Å². The number of anilines is 1. The number of carbonyl (C=O) groups excluding carboxylic acids is 2. The summed E-state index contributed by atoms with van der Waals surface area (Å²) in [5.74, 6) is 0.217. The summed E-state index contributed by atoms with van der Waals surface area (Å²) in [5, 5.41) is 5.91. The Kier molecular flexibility index (Phi) is 8.32. The molecular formula is C24H27F3N2O4. The molecule has 0 saturated heterocycles. The van der Waals surface area contributed by atoms with Crippen molar-refractivity contribution in [3.8, 4) is 11.5 Å². The lowest BCUT2D eigenvalue weighted by Gasteiger charge is -2.13. The molecule has 3 rings (SSSR count). The molecule has 0 saturated carbocycles. The molecule has 2 N–H and O–H groups in total. The van der Waals surface area contributed by atoms with Crippen molar-refractivity contribution in [2.24, 2.45) is 0 Å². The Labute approximate surface area is 190 Å². The predicted molar refractivity (Wildman–Crippen MR) is 118 cm³/mol. The highest BCUT2D eigenvalue weighted by molar-refractivity contribution is 5.99. The van der Waals surface area contributed by atoms with E-state index < -0.39 is 6.36 Å². The van der Waals surface area contributed by atoms with Gasteiger partial charge in [-0.15, -0.1) is 13.2 Å². The van der Waals surface area contributed by atoms with Crippen LogP contribution in [0.2, 0.25) is 0 Å². The van der Waals surface area contributed by atoms with Crippen LogP contribution in [-0.2, 0) is 17.6 Å². The third kappa shape index (κ3) is 7.49. The Balaban J connectivity index is 1.41. The average molecular weight is 464 g/mol. The number of hydrogen-bond donors (Lipinski definition) is 2. The van der Waals surface area contributed by atoms with Gasteiger partial charge in [0.05, 0.1) is 12.3 Å². The number of alkyl halides is 3. The minimum absolute atomic E-state index is 0.00507. The zero-order valence-corrected chi connectivity index (χ0v) is 18.4. The van der Waals surface area contributed by atoms with Crippen molar-refractivity contribution in [2.45, 2.75) is 45.4 Å². The van der Waals surface area contributed by atoms with Crippen LogP contribution >= 0.6 is 0 Å². The summed E-state index contributed by atoms with van der Waals surface area (Å²) in [6, 6.07) is 9.57. The number of ketones is 1. The average Bonchev–Trinajstić information content (AvgIpc) is 3.21. The van der Waals surface area contributed by atoms with Gasteiger partial charge in [0.15, 0.2) is 5.78 Å². The highest BCUT2D eigenvalue weighted by Gasteiger charge is 2.31. The van der Waals surface area contributed by atoms with Crippen LogP contribution in [0.1, 0.15) is 47.7 Å². The maximum atomic E-state index is 12.6. The van der Waals surface area contributed by atoms with Gasteiger partial charge in [0.2, 0.25) is 5.91 Å². The van der Waals surface area contributed by atoms with Gasteiger partial charge >= 0.3 is 6.36 Å². The zero-order valence-electron chi connectivity index (χ0n) is 18.4. The Bertz CT molecular complexity index is 992. The van der Waals surface area contributed by atoms with Crippen molar-refractivity contribution in [3.63, 3.8) is 0 Å². The number of ether oxygens (including phenoxy) is 2. The molecular weight excluding hydrogens is 437 g/mol. The SMILES string of the molecule is CC(=O)Nc1cc(C(=O)CCCCNCCc2ccccc2OC(F)(F)F)cc2c1OCC2. The van der Waals surface area contributed by atoms with Crippen molar-refractivity contribution in [1.82, 2.24) is 5.32 Å². The number of unbranched alkanes of at least 4 members (excludes halogenated alkanes) is 1. The van der Waals surface area contributed by atoms with E-state index in [1.807, 2.05) is 6.07 Å². The third-order valence-corrected chi connectivity index (χ3v) is 5.19. The quantitative estimate of drug-likeness (QED) is 0.374. The fourth-order valence-corrected chi connectivity index (χ4v) is 3.71. The number of nitrogens with one attached hydrogen (secondary N) is 2. The highest BCUT2D eigenvalue weighted by Crippen LogP contribution is 2.35. The molecule has 1 amide bonds. The van der Waals surface area contributed by atoms with Gasteiger partial charge in [0.1, 0.15) is 11.5 Å². The van der Waals surface area contributed by atoms with Crippen LogP contribution in [0.3, 0.4) is 0 Å². The van der Waals surface area contributed by atoms with Crippen LogP contribution in [0, 0.1) is 0 Å². The smallest absolute Gasteiger partial charge is 0.491 e. The largest absolute Gasteiger partial charge is 0.573 e. The first-order valence-corrected chi connectivity index (χ1v) is 10.9. The first-order chi connectivity index (χ1) is 15.7. The van der Waals surface area contributed by atoms with E-state index in [1.165, 1.54) is 19.1 Å². The van der Waals surface area contributed by atoms with E-state index in [4.69, 9.17) is 4.74 Å². The molecule has 0 fully saturated rings. The monoisotopic (exact) mass is 464 g/mol. The molecule has 0 unspecified atom stereocenters. The topological polar surface area (TPSA) is 76.7 Å². The number of hydrogen-bond acceptors (Lipinski definition) is 5. The standard InChI is InChI=1S/C24H27F3N2O4/c1-16(30)29-20-15-19(14-18-10-13-32-23(18)20)21(31)7-4-5-11-28-12-9-17-6-2-3-8-22(17)33-24(25,26)27/h2-3,6,8,14-15,28H,4-5,7,9-13H2,1H3,(H,29,30). The lowest BCUT2D eigenvalue weighted by atomic mass is 10.0. The second-order valence-electron chi connectivity index (χ2n) is 7.83. The Morgan fingerprint density at radius 2 is 1.91 bits per heavy atom. The zero-order chi connectivity index (χ0) is 23.8. The molecule has 9 heteroatoms. The van der Waals surface area contributed by atoms with E-state index in [0.29, 0.717) is 67.9 Å². The first-order valence-electron chi connectivity index (χ1n) is 10.9. The molecule has 0 aromatic heterocycles. The number of para-hydroxylation sites is 1. The second-order valence-corrected chi connectivity index (χ2v) is 7.83. The lowest BCUT2D eigenvalue weighted by molar-refractivity contribution is -0.274. The molecule has 0 aliphatic carbocycles. The van der Waals surface area contributed by atoms with Crippen LogP contribution in [-0.4, -0.2) is 37.7 Å². The fraction of sp³-hybridized carbons (Fsp3) is 0.417. The van der Waals surface area contributed by atoms with E-state index in [2.05, 4.69) is 15.4 Å². The second kappa shape index (κ2) is 11.2. The Morgan fingerprint density at radius 3 is 2.67 bits per heavy atom. The van der Waals surface area contributed by atoms with Crippen molar-refractivity contribution >= 4 is 17.4 Å². The van der Waals surface area contributed by atoms with Gasteiger partial charge in [-0.3, -0.25) is 9.59 Å². The molecule has 2 aromatic carbocycles. The van der Waals surface area contributed by atoms with Crippen LogP contribution in [0.4, 0.5) is 18.9 Å². The van der Waals surface area contributed by atoms with Crippen LogP contribution in [0.5, 0.6) is 11.5 Å². The molecule has 2 aromatic rings. The van der Waals surface area contributed by atoms with E-state index in [9.17, 15) is 22.8 Å². The number of benzene rings is 2. The van der Waals surface area contributed by atoms with E-state index >= 15 is 0 Å². The molecule has 33 heavy (non-hydrogen) atoms. The molecule has 0 radical (unpaired) electrons. The van der Waals surface area contributed by atoms with Crippen molar-refractivity contribution in [1.29, 1.82) is 0 Å². The number of halogens is 3. The Morgan fingerprint density at radius 1 is 1.12 bits per heavy atom. The number of fused-ring (bicyclic) bond motifs is 1. The fourth-order valence-electron chi connectivity index (χ4n) is 3.71. The first kappa shape index (κ1) is 24.6. The molecule has 1 aliphatic rings. The minimum Gasteiger partial charge on any atom is -0.491 e. The molecule has 6 nitrogen and oxygen atoms in total. The van der Waals surface area contributed by atoms with Crippen LogP contribution < -0.4 is 20.1 Å². The van der Waals surface area contributed by atoms with E-state index in [-0.39, 0.29) is 17.4 Å². The van der Waals surface area contributed by atoms with Crippen molar-refractivity contribution in [2.75, 3.05) is 25.0 Å². The van der Waals surface area contributed by atoms with Gasteiger partial charge < -0.3 is 20.1 Å². The number of carbonyl (C=O) groups is 2. The van der Waals surface area contributed by atoms with E-state index in [0.717, 1.165) is 12.0 Å². The molecule has 0 spiro atoms. The summed E-state index contributed by atoms with van der Waals surface area (Å²) in [6.45, 7) is 3.07. The lowest BCUT2D eigenvalue weighted by Crippen LogP contribution is -2.21. The van der Waals surface area contributed by atoms with Gasteiger partial charge in [-0.2, -0.15) is 0 Å². The molecule has 0 bridgehead atoms. The highest BCUT2D eigenvalue weighted by atomic mass is 19.4. The molecule has 0 atom stereocenters. The number of rotatable bonds is 11. The van der Waals surface area contributed by atoms with E-state index in [1.54, 1.807) is 18.2 Å². The van der Waals surface area contributed by atoms with Crippen molar-refractivity contribution < 1.29 is 32.2 Å². The number of amides is 1. The molecule has 178 valence electrons. The van der Waals surface area contributed by atoms with Crippen LogP contribution in [0.25, 0.3) is 0 Å². The van der Waals surface area contributed by atoms with Gasteiger partial charge in [0, 0.05) is 30.9 Å².